The molecule has 0 bridgehead atoms. The zero-order chi connectivity index (χ0) is 27.4. The fraction of sp³-hybridized carbons (Fsp3) is 0.414. The first-order valence-electron chi connectivity index (χ1n) is 13.0. The molecule has 0 saturated heterocycles. The molecule has 200 valence electrons. The standard InChI is InChI=1S/C29H37N7O2/c1-18(2)36-27-25(17-32-36)23(28(37)31-16-24-19(3)13-20(4)33-29(24)38)14-26(34-27)22-9-7-21(8-10-22)15-30-11-12-35(5)6/h7-10,13-14,17-18,24,30H,11-12,15-16H2,1-6H3,(H,31,37). The largest absolute Gasteiger partial charge is 0.351 e. The lowest BCUT2D eigenvalue weighted by Crippen LogP contribution is -2.34. The lowest BCUT2D eigenvalue weighted by molar-refractivity contribution is -0.120. The number of amides is 2. The predicted octanol–water partition coefficient (Wildman–Crippen LogP) is 3.62. The number of hydrogen-bond acceptors (Lipinski definition) is 6. The van der Waals surface area contributed by atoms with E-state index < -0.39 is 5.92 Å². The number of carbonyl (C=O) groups is 2. The van der Waals surface area contributed by atoms with Gasteiger partial charge < -0.3 is 15.5 Å². The van der Waals surface area contributed by atoms with Crippen LogP contribution in [0, 0.1) is 5.92 Å². The minimum Gasteiger partial charge on any atom is -0.351 e. The van der Waals surface area contributed by atoms with Gasteiger partial charge >= 0.3 is 0 Å². The lowest BCUT2D eigenvalue weighted by Gasteiger charge is -2.19. The van der Waals surface area contributed by atoms with Gasteiger partial charge in [-0.1, -0.05) is 29.8 Å². The Kier molecular flexibility index (Phi) is 8.48. The van der Waals surface area contributed by atoms with Crippen LogP contribution in [0.3, 0.4) is 0 Å². The van der Waals surface area contributed by atoms with Gasteiger partial charge in [-0.3, -0.25) is 9.59 Å². The predicted molar refractivity (Wildman–Crippen MR) is 151 cm³/mol. The van der Waals surface area contributed by atoms with E-state index in [9.17, 15) is 9.59 Å². The molecule has 2 amide bonds. The van der Waals surface area contributed by atoms with Gasteiger partial charge in [-0.15, -0.1) is 0 Å². The molecule has 9 heteroatoms. The van der Waals surface area contributed by atoms with E-state index in [1.807, 2.05) is 49.7 Å². The molecule has 1 aliphatic rings. The quantitative estimate of drug-likeness (QED) is 0.400. The summed E-state index contributed by atoms with van der Waals surface area (Å²) in [5, 5.41) is 11.6. The van der Waals surface area contributed by atoms with Gasteiger partial charge in [0, 0.05) is 43.5 Å². The minimum atomic E-state index is -0.461. The Balaban J connectivity index is 1.59. The number of nitrogens with one attached hydrogen (secondary N) is 2. The number of benzene rings is 1. The number of pyridine rings is 1. The van der Waals surface area contributed by atoms with Crippen molar-refractivity contribution in [3.63, 3.8) is 0 Å². The molecule has 2 aromatic heterocycles. The first-order chi connectivity index (χ1) is 18.1. The highest BCUT2D eigenvalue weighted by Gasteiger charge is 2.25. The van der Waals surface area contributed by atoms with E-state index >= 15 is 0 Å². The number of rotatable bonds is 10. The van der Waals surface area contributed by atoms with Gasteiger partial charge in [0.05, 0.1) is 28.8 Å². The Morgan fingerprint density at radius 2 is 1.89 bits per heavy atom. The van der Waals surface area contributed by atoms with Gasteiger partial charge in [0.15, 0.2) is 5.65 Å². The maximum Gasteiger partial charge on any atom is 0.254 e. The smallest absolute Gasteiger partial charge is 0.254 e. The second-order valence-electron chi connectivity index (χ2n) is 10.4. The highest BCUT2D eigenvalue weighted by atomic mass is 16.2. The van der Waals surface area contributed by atoms with Crippen LogP contribution in [0.15, 0.2) is 53.2 Å². The third-order valence-corrected chi connectivity index (χ3v) is 6.65. The summed E-state index contributed by atoms with van der Waals surface area (Å²) in [4.78, 5) is 37.0. The first-order valence-corrected chi connectivity index (χ1v) is 13.0. The molecule has 0 aliphatic carbocycles. The monoisotopic (exact) mass is 515 g/mol. The average molecular weight is 516 g/mol. The van der Waals surface area contributed by atoms with Crippen LogP contribution in [-0.4, -0.2) is 70.9 Å². The third kappa shape index (κ3) is 6.23. The number of aliphatic imine (C=N–C) groups is 1. The molecule has 3 heterocycles. The summed E-state index contributed by atoms with van der Waals surface area (Å²) in [6, 6.07) is 10.1. The van der Waals surface area contributed by atoms with Crippen molar-refractivity contribution in [2.24, 2.45) is 10.9 Å². The molecule has 0 radical (unpaired) electrons. The average Bonchev–Trinajstić information content (AvgIpc) is 3.30. The zero-order valence-electron chi connectivity index (χ0n) is 23.1. The molecule has 0 spiro atoms. The fourth-order valence-electron chi connectivity index (χ4n) is 4.51. The van der Waals surface area contributed by atoms with Crippen LogP contribution in [0.25, 0.3) is 22.3 Å². The number of carbonyl (C=O) groups excluding carboxylic acids is 2. The highest BCUT2D eigenvalue weighted by molar-refractivity contribution is 6.08. The Morgan fingerprint density at radius 3 is 2.55 bits per heavy atom. The summed E-state index contributed by atoms with van der Waals surface area (Å²) in [5.74, 6) is -0.959. The first kappa shape index (κ1) is 27.3. The lowest BCUT2D eigenvalue weighted by atomic mass is 9.95. The van der Waals surface area contributed by atoms with E-state index in [0.29, 0.717) is 28.0 Å². The fourth-order valence-corrected chi connectivity index (χ4v) is 4.51. The summed E-state index contributed by atoms with van der Waals surface area (Å²) >= 11 is 0. The van der Waals surface area contributed by atoms with Gasteiger partial charge in [0.2, 0.25) is 0 Å². The van der Waals surface area contributed by atoms with Crippen LogP contribution in [0.2, 0.25) is 0 Å². The van der Waals surface area contributed by atoms with Crippen molar-refractivity contribution >= 4 is 28.6 Å². The van der Waals surface area contributed by atoms with E-state index in [4.69, 9.17) is 4.98 Å². The SMILES string of the molecule is CC1=CC(C)=NC(=O)C1CNC(=O)c1cc(-c2ccc(CNCCN(C)C)cc2)nc2c1cnn2C(C)C. The van der Waals surface area contributed by atoms with Gasteiger partial charge in [0.25, 0.3) is 11.8 Å². The van der Waals surface area contributed by atoms with Crippen molar-refractivity contribution in [1.82, 2.24) is 30.3 Å². The van der Waals surface area contributed by atoms with Gasteiger partial charge in [-0.05, 0) is 59.5 Å². The topological polar surface area (TPSA) is 105 Å². The van der Waals surface area contributed by atoms with E-state index in [-0.39, 0.29) is 24.4 Å². The van der Waals surface area contributed by atoms with Crippen LogP contribution < -0.4 is 10.6 Å². The molecular weight excluding hydrogens is 478 g/mol. The van der Waals surface area contributed by atoms with E-state index in [0.717, 1.165) is 30.8 Å². The van der Waals surface area contributed by atoms with Crippen LogP contribution >= 0.6 is 0 Å². The van der Waals surface area contributed by atoms with Crippen molar-refractivity contribution in [3.8, 4) is 11.3 Å². The summed E-state index contributed by atoms with van der Waals surface area (Å²) in [5.41, 5.74) is 5.51. The van der Waals surface area contributed by atoms with Crippen molar-refractivity contribution < 1.29 is 9.59 Å². The maximum atomic E-state index is 13.4. The second-order valence-corrected chi connectivity index (χ2v) is 10.4. The second kappa shape index (κ2) is 11.8. The molecule has 1 aromatic carbocycles. The minimum absolute atomic E-state index is 0.0792. The molecule has 3 aromatic rings. The van der Waals surface area contributed by atoms with Crippen LogP contribution in [-0.2, 0) is 11.3 Å². The molecule has 38 heavy (non-hydrogen) atoms. The molecule has 1 aliphatic heterocycles. The Bertz CT molecular complexity index is 1380. The summed E-state index contributed by atoms with van der Waals surface area (Å²) in [6.45, 7) is 10.6. The number of fused-ring (bicyclic) bond motifs is 1. The van der Waals surface area contributed by atoms with Gasteiger partial charge in [-0.25, -0.2) is 14.7 Å². The Morgan fingerprint density at radius 1 is 1.16 bits per heavy atom. The van der Waals surface area contributed by atoms with Crippen molar-refractivity contribution in [3.05, 3.63) is 59.3 Å². The van der Waals surface area contributed by atoms with Crippen LogP contribution in [0.4, 0.5) is 0 Å². The molecule has 2 N–H and O–H groups in total. The summed E-state index contributed by atoms with van der Waals surface area (Å²) in [6.07, 6.45) is 3.57. The molecule has 1 atom stereocenters. The van der Waals surface area contributed by atoms with Crippen molar-refractivity contribution in [2.75, 3.05) is 33.7 Å². The van der Waals surface area contributed by atoms with Crippen LogP contribution in [0.5, 0.6) is 0 Å². The summed E-state index contributed by atoms with van der Waals surface area (Å²) < 4.78 is 1.83. The highest BCUT2D eigenvalue weighted by Crippen LogP contribution is 2.27. The van der Waals surface area contributed by atoms with Gasteiger partial charge in [0.1, 0.15) is 0 Å². The number of hydrogen-bond donors (Lipinski definition) is 2. The van der Waals surface area contributed by atoms with E-state index in [1.54, 1.807) is 13.1 Å². The molecule has 0 fully saturated rings. The normalized spacial score (nSPS) is 15.8. The molecule has 1 unspecified atom stereocenters. The molecule has 9 nitrogen and oxygen atoms in total. The Hall–Kier alpha value is -3.69. The number of dihydropyridines is 1. The maximum absolute atomic E-state index is 13.4. The van der Waals surface area contributed by atoms with Crippen LogP contribution in [0.1, 0.15) is 49.7 Å². The van der Waals surface area contributed by atoms with Crippen molar-refractivity contribution in [1.29, 1.82) is 0 Å². The zero-order valence-corrected chi connectivity index (χ0v) is 23.1. The molecule has 0 saturated carbocycles. The molecular formula is C29H37N7O2. The number of aromatic nitrogens is 3. The Labute approximate surface area is 224 Å². The third-order valence-electron chi connectivity index (χ3n) is 6.65. The number of allylic oxidation sites excluding steroid dienone is 1. The van der Waals surface area contributed by atoms with E-state index in [1.165, 1.54) is 5.56 Å². The number of nitrogens with zero attached hydrogens (tertiary/aromatic N) is 5. The summed E-state index contributed by atoms with van der Waals surface area (Å²) in [7, 11) is 4.12. The van der Waals surface area contributed by atoms with Gasteiger partial charge in [-0.2, -0.15) is 5.10 Å². The molecule has 4 rings (SSSR count). The number of likely N-dealkylation sites (N-methyl/N-ethyl adjacent to an activating group) is 1. The van der Waals surface area contributed by atoms with Crippen molar-refractivity contribution in [2.45, 2.75) is 40.3 Å². The van der Waals surface area contributed by atoms with E-state index in [2.05, 4.69) is 51.9 Å².